The fourth-order valence-electron chi connectivity index (χ4n) is 3.74. The minimum absolute atomic E-state index is 0.0310. The van der Waals surface area contributed by atoms with Crippen molar-refractivity contribution in [1.29, 1.82) is 0 Å². The molecule has 24 heavy (non-hydrogen) atoms. The van der Waals surface area contributed by atoms with E-state index in [-0.39, 0.29) is 12.5 Å². The first kappa shape index (κ1) is 15.2. The van der Waals surface area contributed by atoms with Crippen LogP contribution in [0.15, 0.2) is 36.5 Å². The second-order valence-corrected chi connectivity index (χ2v) is 6.51. The zero-order valence-corrected chi connectivity index (χ0v) is 13.8. The Morgan fingerprint density at radius 3 is 2.92 bits per heavy atom. The number of carbonyl (C=O) groups excluding carboxylic acids is 1. The molecule has 0 spiro atoms. The number of rotatable bonds is 3. The second kappa shape index (κ2) is 6.63. The number of amides is 1. The molecule has 4 rings (SSSR count). The zero-order chi connectivity index (χ0) is 16.4. The molecule has 0 saturated carbocycles. The van der Waals surface area contributed by atoms with Crippen molar-refractivity contribution in [2.45, 2.75) is 38.5 Å². The third-order valence-corrected chi connectivity index (χ3v) is 4.95. The van der Waals surface area contributed by atoms with Gasteiger partial charge in [0.05, 0.1) is 0 Å². The fraction of sp³-hybridized carbons (Fsp3) is 0.400. The Morgan fingerprint density at radius 2 is 1.96 bits per heavy atom. The highest BCUT2D eigenvalue weighted by molar-refractivity contribution is 5.95. The van der Waals surface area contributed by atoms with Gasteiger partial charge in [0, 0.05) is 29.7 Å². The van der Waals surface area contributed by atoms with E-state index in [0.29, 0.717) is 0 Å². The number of pyridine rings is 1. The predicted octanol–water partition coefficient (Wildman–Crippen LogP) is 3.32. The van der Waals surface area contributed by atoms with Gasteiger partial charge in [-0.05, 0) is 56.2 Å². The fourth-order valence-corrected chi connectivity index (χ4v) is 3.74. The lowest BCUT2D eigenvalue weighted by Crippen LogP contribution is -2.38. The molecule has 2 heterocycles. The van der Waals surface area contributed by atoms with E-state index in [0.717, 1.165) is 49.4 Å². The SMILES string of the molecule is O=C(COc1ccnc2c1CCCC2)N1CCCc2ccccc21. The smallest absolute Gasteiger partial charge is 0.264 e. The Hall–Kier alpha value is -2.36. The molecule has 0 bridgehead atoms. The lowest BCUT2D eigenvalue weighted by atomic mass is 9.95. The number of hydrogen-bond donors (Lipinski definition) is 0. The first-order chi connectivity index (χ1) is 11.8. The number of aryl methyl sites for hydroxylation is 2. The van der Waals surface area contributed by atoms with Crippen LogP contribution in [0.2, 0.25) is 0 Å². The summed E-state index contributed by atoms with van der Waals surface area (Å²) in [6, 6.07) is 10.0. The van der Waals surface area contributed by atoms with Crippen LogP contribution < -0.4 is 9.64 Å². The van der Waals surface area contributed by atoms with Crippen molar-refractivity contribution in [2.75, 3.05) is 18.1 Å². The largest absolute Gasteiger partial charge is 0.483 e. The molecule has 1 aromatic heterocycles. The van der Waals surface area contributed by atoms with E-state index in [1.165, 1.54) is 24.0 Å². The summed E-state index contributed by atoms with van der Waals surface area (Å²) < 4.78 is 5.90. The first-order valence-corrected chi connectivity index (χ1v) is 8.81. The van der Waals surface area contributed by atoms with E-state index in [1.54, 1.807) is 6.20 Å². The van der Waals surface area contributed by atoms with Crippen LogP contribution in [0, 0.1) is 0 Å². The molecule has 0 radical (unpaired) electrons. The van der Waals surface area contributed by atoms with Gasteiger partial charge in [-0.15, -0.1) is 0 Å². The number of fused-ring (bicyclic) bond motifs is 2. The maximum absolute atomic E-state index is 12.7. The summed E-state index contributed by atoms with van der Waals surface area (Å²) >= 11 is 0. The van der Waals surface area contributed by atoms with Gasteiger partial charge in [0.1, 0.15) is 5.75 Å². The van der Waals surface area contributed by atoms with E-state index in [2.05, 4.69) is 11.1 Å². The summed E-state index contributed by atoms with van der Waals surface area (Å²) in [5, 5.41) is 0. The molecule has 0 N–H and O–H groups in total. The molecular weight excluding hydrogens is 300 g/mol. The van der Waals surface area contributed by atoms with Gasteiger partial charge in [-0.2, -0.15) is 0 Å². The van der Waals surface area contributed by atoms with Crippen LogP contribution in [0.5, 0.6) is 5.75 Å². The predicted molar refractivity (Wildman–Crippen MR) is 93.5 cm³/mol. The lowest BCUT2D eigenvalue weighted by molar-refractivity contribution is -0.120. The molecule has 1 aliphatic heterocycles. The topological polar surface area (TPSA) is 42.4 Å². The van der Waals surface area contributed by atoms with Crippen LogP contribution in [0.4, 0.5) is 5.69 Å². The Labute approximate surface area is 142 Å². The third-order valence-electron chi connectivity index (χ3n) is 4.95. The number of aromatic nitrogens is 1. The standard InChI is InChI=1S/C20H22N2O2/c23-20(22-13-5-7-15-6-1-4-10-18(15)22)14-24-19-11-12-21-17-9-3-2-8-16(17)19/h1,4,6,10-12H,2-3,5,7-9,13-14H2. The van der Waals surface area contributed by atoms with Gasteiger partial charge in [0.15, 0.2) is 6.61 Å². The average molecular weight is 322 g/mol. The van der Waals surface area contributed by atoms with Gasteiger partial charge in [0.25, 0.3) is 5.91 Å². The molecule has 2 aliphatic rings. The highest BCUT2D eigenvalue weighted by Gasteiger charge is 2.23. The number of carbonyl (C=O) groups is 1. The van der Waals surface area contributed by atoms with E-state index in [1.807, 2.05) is 29.2 Å². The number of ether oxygens (including phenoxy) is 1. The Kier molecular flexibility index (Phi) is 4.20. The Balaban J connectivity index is 1.48. The number of benzene rings is 1. The summed E-state index contributed by atoms with van der Waals surface area (Å²) in [7, 11) is 0. The minimum atomic E-state index is 0.0310. The molecule has 0 saturated heterocycles. The van der Waals surface area contributed by atoms with Crippen molar-refractivity contribution in [1.82, 2.24) is 4.98 Å². The van der Waals surface area contributed by atoms with E-state index in [4.69, 9.17) is 4.74 Å². The molecule has 4 nitrogen and oxygen atoms in total. The van der Waals surface area contributed by atoms with Crippen LogP contribution in [0.3, 0.4) is 0 Å². The normalized spacial score (nSPS) is 16.2. The van der Waals surface area contributed by atoms with Crippen molar-refractivity contribution >= 4 is 11.6 Å². The molecule has 1 aliphatic carbocycles. The van der Waals surface area contributed by atoms with Gasteiger partial charge in [-0.1, -0.05) is 18.2 Å². The van der Waals surface area contributed by atoms with Crippen molar-refractivity contribution < 1.29 is 9.53 Å². The third kappa shape index (κ3) is 2.88. The lowest BCUT2D eigenvalue weighted by Gasteiger charge is -2.29. The van der Waals surface area contributed by atoms with E-state index in [9.17, 15) is 4.79 Å². The molecule has 0 unspecified atom stereocenters. The summed E-state index contributed by atoms with van der Waals surface area (Å²) in [5.41, 5.74) is 4.61. The molecule has 0 atom stereocenters. The monoisotopic (exact) mass is 322 g/mol. The Bertz CT molecular complexity index is 757. The molecule has 124 valence electrons. The minimum Gasteiger partial charge on any atom is -0.483 e. The van der Waals surface area contributed by atoms with Gasteiger partial charge >= 0.3 is 0 Å². The number of para-hydroxylation sites is 1. The molecule has 2 aromatic rings. The highest BCUT2D eigenvalue weighted by Crippen LogP contribution is 2.29. The molecule has 0 fully saturated rings. The average Bonchev–Trinajstić information content (AvgIpc) is 2.65. The molecular formula is C20H22N2O2. The zero-order valence-electron chi connectivity index (χ0n) is 13.8. The summed E-state index contributed by atoms with van der Waals surface area (Å²) in [4.78, 5) is 19.0. The van der Waals surface area contributed by atoms with E-state index < -0.39 is 0 Å². The van der Waals surface area contributed by atoms with Crippen molar-refractivity contribution in [3.05, 3.63) is 53.3 Å². The number of hydrogen-bond acceptors (Lipinski definition) is 3. The van der Waals surface area contributed by atoms with Gasteiger partial charge in [-0.3, -0.25) is 9.78 Å². The van der Waals surface area contributed by atoms with Crippen LogP contribution in [0.1, 0.15) is 36.1 Å². The van der Waals surface area contributed by atoms with Crippen LogP contribution in [0.25, 0.3) is 0 Å². The van der Waals surface area contributed by atoms with Crippen LogP contribution in [-0.2, 0) is 24.1 Å². The van der Waals surface area contributed by atoms with Crippen LogP contribution in [-0.4, -0.2) is 24.0 Å². The van der Waals surface area contributed by atoms with E-state index >= 15 is 0 Å². The molecule has 4 heteroatoms. The quantitative estimate of drug-likeness (QED) is 0.870. The van der Waals surface area contributed by atoms with Crippen molar-refractivity contribution in [3.63, 3.8) is 0 Å². The number of anilines is 1. The highest BCUT2D eigenvalue weighted by atomic mass is 16.5. The van der Waals surface area contributed by atoms with Crippen LogP contribution >= 0.6 is 0 Å². The summed E-state index contributed by atoms with van der Waals surface area (Å²) in [5.74, 6) is 0.863. The first-order valence-electron chi connectivity index (χ1n) is 8.81. The van der Waals surface area contributed by atoms with Crippen molar-refractivity contribution in [3.8, 4) is 5.75 Å². The second-order valence-electron chi connectivity index (χ2n) is 6.51. The molecule has 1 aromatic carbocycles. The summed E-state index contributed by atoms with van der Waals surface area (Å²) in [6.07, 6.45) is 8.21. The number of nitrogens with zero attached hydrogens (tertiary/aromatic N) is 2. The molecule has 1 amide bonds. The summed E-state index contributed by atoms with van der Waals surface area (Å²) in [6.45, 7) is 0.860. The van der Waals surface area contributed by atoms with Gasteiger partial charge in [-0.25, -0.2) is 0 Å². The van der Waals surface area contributed by atoms with Gasteiger partial charge in [0.2, 0.25) is 0 Å². The van der Waals surface area contributed by atoms with Gasteiger partial charge < -0.3 is 9.64 Å². The Morgan fingerprint density at radius 1 is 1.08 bits per heavy atom. The van der Waals surface area contributed by atoms with Crippen molar-refractivity contribution in [2.24, 2.45) is 0 Å². The maximum atomic E-state index is 12.7. The maximum Gasteiger partial charge on any atom is 0.264 e.